The molecule has 0 spiro atoms. The molecule has 162 valence electrons. The molecular weight excluding hydrogens is 433 g/mol. The number of ether oxygens (including phenoxy) is 2. The van der Waals surface area contributed by atoms with Gasteiger partial charge in [0.1, 0.15) is 22.8 Å². The first-order valence-electron chi connectivity index (χ1n) is 10.3. The van der Waals surface area contributed by atoms with Gasteiger partial charge in [-0.25, -0.2) is 4.79 Å². The molecule has 0 N–H and O–H groups in total. The molecule has 0 bridgehead atoms. The fraction of sp³-hybridized carbons (Fsp3) is 0.320. The van der Waals surface area contributed by atoms with Crippen molar-refractivity contribution >= 4 is 45.8 Å². The van der Waals surface area contributed by atoms with E-state index in [0.29, 0.717) is 18.9 Å². The average Bonchev–Trinajstić information content (AvgIpc) is 3.12. The van der Waals surface area contributed by atoms with E-state index in [1.807, 2.05) is 81.4 Å². The number of alkyl halides is 2. The molecule has 4 rings (SSSR count). The summed E-state index contributed by atoms with van der Waals surface area (Å²) in [7, 11) is 0. The lowest BCUT2D eigenvalue weighted by Gasteiger charge is -2.25. The molecule has 31 heavy (non-hydrogen) atoms. The maximum atomic E-state index is 13.0. The first-order chi connectivity index (χ1) is 14.7. The Bertz CT molecular complexity index is 1090. The molecule has 1 atom stereocenters. The van der Waals surface area contributed by atoms with Crippen LogP contribution < -0.4 is 9.64 Å². The summed E-state index contributed by atoms with van der Waals surface area (Å²) in [4.78, 5) is 13.9. The second-order valence-electron chi connectivity index (χ2n) is 8.66. The third-order valence-corrected chi connectivity index (χ3v) is 5.83. The molecule has 1 heterocycles. The number of hydrogen-bond donors (Lipinski definition) is 0. The van der Waals surface area contributed by atoms with Crippen LogP contribution in [0.4, 0.5) is 10.5 Å². The summed E-state index contributed by atoms with van der Waals surface area (Å²) < 4.78 is 11.9. The molecule has 0 aromatic heterocycles. The first kappa shape index (κ1) is 21.8. The second kappa shape index (κ2) is 8.60. The largest absolute Gasteiger partial charge is 0.488 e. The van der Waals surface area contributed by atoms with Crippen LogP contribution in [-0.2, 0) is 11.3 Å². The van der Waals surface area contributed by atoms with Gasteiger partial charge in [0.2, 0.25) is 0 Å². The Kier molecular flexibility index (Phi) is 6.05. The monoisotopic (exact) mass is 457 g/mol. The molecule has 1 unspecified atom stereocenters. The zero-order valence-corrected chi connectivity index (χ0v) is 19.3. The van der Waals surface area contributed by atoms with Gasteiger partial charge in [-0.1, -0.05) is 54.6 Å². The normalized spacial score (nSPS) is 15.9. The minimum atomic E-state index is -0.661. The van der Waals surface area contributed by atoms with Gasteiger partial charge in [0.05, 0.1) is 5.69 Å². The molecule has 3 aromatic carbocycles. The fourth-order valence-electron chi connectivity index (χ4n) is 3.90. The van der Waals surface area contributed by atoms with Crippen LogP contribution in [0.5, 0.6) is 5.75 Å². The minimum absolute atomic E-state index is 0.223. The maximum Gasteiger partial charge on any atom is 0.414 e. The molecule has 3 aromatic rings. The van der Waals surface area contributed by atoms with Crippen LogP contribution in [0.3, 0.4) is 0 Å². The number of hydrogen-bond acceptors (Lipinski definition) is 3. The highest BCUT2D eigenvalue weighted by Crippen LogP contribution is 2.48. The summed E-state index contributed by atoms with van der Waals surface area (Å²) in [5, 5.41) is 1.94. The van der Waals surface area contributed by atoms with Crippen molar-refractivity contribution in [3.8, 4) is 5.75 Å². The molecule has 0 saturated heterocycles. The van der Waals surface area contributed by atoms with E-state index in [9.17, 15) is 4.79 Å². The molecule has 0 radical (unpaired) electrons. The van der Waals surface area contributed by atoms with E-state index in [2.05, 4.69) is 0 Å². The van der Waals surface area contributed by atoms with Crippen molar-refractivity contribution in [2.24, 2.45) is 0 Å². The highest BCUT2D eigenvalue weighted by molar-refractivity contribution is 6.45. The Morgan fingerprint density at radius 3 is 2.35 bits per heavy atom. The van der Waals surface area contributed by atoms with Crippen LogP contribution in [0.25, 0.3) is 10.8 Å². The van der Waals surface area contributed by atoms with E-state index >= 15 is 0 Å². The smallest absolute Gasteiger partial charge is 0.414 e. The topological polar surface area (TPSA) is 38.8 Å². The molecule has 6 heteroatoms. The van der Waals surface area contributed by atoms with Crippen molar-refractivity contribution < 1.29 is 14.3 Å². The van der Waals surface area contributed by atoms with Crippen LogP contribution >= 0.6 is 23.2 Å². The number of rotatable bonds is 4. The summed E-state index contributed by atoms with van der Waals surface area (Å²) in [5.74, 6) is 0.479. The van der Waals surface area contributed by atoms with E-state index in [1.165, 1.54) is 0 Å². The van der Waals surface area contributed by atoms with Gasteiger partial charge in [0.15, 0.2) is 0 Å². The van der Waals surface area contributed by atoms with Crippen LogP contribution in [0.2, 0.25) is 0 Å². The van der Waals surface area contributed by atoms with E-state index in [1.54, 1.807) is 4.90 Å². The number of fused-ring (bicyclic) bond motifs is 3. The first-order valence-corrected chi connectivity index (χ1v) is 11.1. The van der Waals surface area contributed by atoms with Crippen molar-refractivity contribution in [3.05, 3.63) is 71.8 Å². The highest BCUT2D eigenvalue weighted by atomic mass is 35.5. The Balaban J connectivity index is 1.80. The van der Waals surface area contributed by atoms with Crippen molar-refractivity contribution in [2.75, 3.05) is 11.4 Å². The van der Waals surface area contributed by atoms with Crippen LogP contribution in [-0.4, -0.2) is 23.1 Å². The van der Waals surface area contributed by atoms with Gasteiger partial charge < -0.3 is 9.47 Å². The lowest BCUT2D eigenvalue weighted by atomic mass is 9.95. The Morgan fingerprint density at radius 2 is 1.71 bits per heavy atom. The number of nitrogens with zero attached hydrogens (tertiary/aromatic N) is 1. The summed E-state index contributed by atoms with van der Waals surface area (Å²) in [6, 6.07) is 19.8. The van der Waals surface area contributed by atoms with Crippen molar-refractivity contribution in [2.45, 2.75) is 43.7 Å². The van der Waals surface area contributed by atoms with Gasteiger partial charge in [-0.05, 0) is 37.3 Å². The minimum Gasteiger partial charge on any atom is -0.488 e. The third-order valence-electron chi connectivity index (χ3n) is 5.22. The number of carbonyl (C=O) groups excluding carboxylic acids is 1. The van der Waals surface area contributed by atoms with Gasteiger partial charge >= 0.3 is 6.09 Å². The lowest BCUT2D eigenvalue weighted by molar-refractivity contribution is 0.0582. The van der Waals surface area contributed by atoms with E-state index in [0.717, 1.165) is 27.6 Å². The fourth-order valence-corrected chi connectivity index (χ4v) is 4.31. The number of carbonyl (C=O) groups is 1. The second-order valence-corrected chi connectivity index (χ2v) is 9.82. The van der Waals surface area contributed by atoms with E-state index < -0.39 is 16.5 Å². The van der Waals surface area contributed by atoms with Crippen LogP contribution in [0, 0.1) is 0 Å². The third kappa shape index (κ3) is 4.60. The molecule has 1 aliphatic heterocycles. The quantitative estimate of drug-likeness (QED) is 0.393. The molecule has 0 saturated carbocycles. The zero-order chi connectivity index (χ0) is 22.2. The highest BCUT2D eigenvalue weighted by Gasteiger charge is 2.39. The Hall–Kier alpha value is -2.43. The van der Waals surface area contributed by atoms with Gasteiger partial charge in [-0.3, -0.25) is 4.90 Å². The van der Waals surface area contributed by atoms with Gasteiger partial charge in [0, 0.05) is 23.9 Å². The Morgan fingerprint density at radius 1 is 1.06 bits per heavy atom. The number of halogens is 2. The predicted octanol–water partition coefficient (Wildman–Crippen LogP) is 7.06. The zero-order valence-electron chi connectivity index (χ0n) is 17.8. The number of benzene rings is 3. The summed E-state index contributed by atoms with van der Waals surface area (Å²) in [6.07, 6.45) is -0.422. The Labute approximate surface area is 192 Å². The van der Waals surface area contributed by atoms with Crippen LogP contribution in [0.15, 0.2) is 60.7 Å². The molecule has 0 aliphatic carbocycles. The molecule has 4 nitrogen and oxygen atoms in total. The van der Waals surface area contributed by atoms with E-state index in [4.69, 9.17) is 32.7 Å². The molecule has 1 aliphatic rings. The van der Waals surface area contributed by atoms with Gasteiger partial charge in [-0.2, -0.15) is 0 Å². The SMILES string of the molecule is CC(C)(C)OC(=O)N1CC(C(Cl)Cl)c2c1cc(OCc1ccccc1)c1ccccc21. The lowest BCUT2D eigenvalue weighted by Crippen LogP contribution is -2.36. The molecular formula is C25H25Cl2NO3. The molecule has 0 fully saturated rings. The number of anilines is 1. The maximum absolute atomic E-state index is 13.0. The predicted molar refractivity (Wildman–Crippen MR) is 127 cm³/mol. The number of amides is 1. The van der Waals surface area contributed by atoms with Crippen molar-refractivity contribution in [1.29, 1.82) is 0 Å². The molecule has 1 amide bonds. The van der Waals surface area contributed by atoms with Crippen molar-refractivity contribution in [1.82, 2.24) is 0 Å². The van der Waals surface area contributed by atoms with Crippen molar-refractivity contribution in [3.63, 3.8) is 0 Å². The van der Waals surface area contributed by atoms with Gasteiger partial charge in [-0.15, -0.1) is 23.2 Å². The summed E-state index contributed by atoms with van der Waals surface area (Å²) in [6.45, 7) is 6.32. The van der Waals surface area contributed by atoms with E-state index in [-0.39, 0.29) is 5.92 Å². The summed E-state index contributed by atoms with van der Waals surface area (Å²) in [5.41, 5.74) is 2.13. The van der Waals surface area contributed by atoms with Gasteiger partial charge in [0.25, 0.3) is 0 Å². The summed E-state index contributed by atoms with van der Waals surface area (Å²) >= 11 is 12.7. The average molecular weight is 458 g/mol. The standard InChI is InChI=1S/C25H25Cl2NO3/c1-25(2,3)31-24(29)28-14-19(23(26)27)22-18-12-8-7-11-17(18)21(13-20(22)28)30-15-16-9-5-4-6-10-16/h4-13,19,23H,14-15H2,1-3H3. The van der Waals surface area contributed by atoms with Crippen LogP contribution in [0.1, 0.15) is 37.8 Å².